The van der Waals surface area contributed by atoms with Gasteiger partial charge < -0.3 is 9.47 Å². The lowest BCUT2D eigenvalue weighted by Crippen LogP contribution is -2.25. The van der Waals surface area contributed by atoms with Gasteiger partial charge in [0, 0.05) is 11.1 Å². The normalized spacial score (nSPS) is 18.3. The van der Waals surface area contributed by atoms with Crippen molar-refractivity contribution >= 4 is 18.1 Å². The second-order valence-electron chi connectivity index (χ2n) is 8.08. The van der Waals surface area contributed by atoms with E-state index < -0.39 is 17.3 Å². The van der Waals surface area contributed by atoms with Crippen LogP contribution >= 0.6 is 11.6 Å². The van der Waals surface area contributed by atoms with Gasteiger partial charge in [0.25, 0.3) is 6.47 Å². The van der Waals surface area contributed by atoms with E-state index in [1.54, 1.807) is 6.07 Å². The summed E-state index contributed by atoms with van der Waals surface area (Å²) in [5, 5.41) is 0.360. The Kier molecular flexibility index (Phi) is 5.71. The van der Waals surface area contributed by atoms with Crippen LogP contribution in [-0.2, 0) is 21.3 Å². The Labute approximate surface area is 178 Å². The van der Waals surface area contributed by atoms with Crippen LogP contribution in [0.5, 0.6) is 5.75 Å². The minimum absolute atomic E-state index is 0.360. The minimum atomic E-state index is -4.40. The van der Waals surface area contributed by atoms with E-state index in [1.807, 2.05) is 6.07 Å². The molecule has 0 atom stereocenters. The Hall–Kier alpha value is -2.21. The summed E-state index contributed by atoms with van der Waals surface area (Å²) in [6.07, 6.45) is 1.06. The van der Waals surface area contributed by atoms with Gasteiger partial charge in [-0.3, -0.25) is 4.79 Å². The van der Waals surface area contributed by atoms with Gasteiger partial charge in [-0.05, 0) is 74.3 Å². The van der Waals surface area contributed by atoms with Crippen molar-refractivity contribution in [2.45, 2.75) is 50.3 Å². The van der Waals surface area contributed by atoms with Gasteiger partial charge in [0.05, 0.1) is 17.2 Å². The molecule has 2 fully saturated rings. The third-order valence-corrected chi connectivity index (χ3v) is 6.24. The van der Waals surface area contributed by atoms with Crippen LogP contribution in [0.3, 0.4) is 0 Å². The summed E-state index contributed by atoms with van der Waals surface area (Å²) < 4.78 is 50.4. The molecule has 7 heteroatoms. The number of hydrogen-bond donors (Lipinski definition) is 0. The van der Waals surface area contributed by atoms with E-state index in [-0.39, 0.29) is 0 Å². The predicted molar refractivity (Wildman–Crippen MR) is 107 cm³/mol. The zero-order valence-electron chi connectivity index (χ0n) is 16.3. The monoisotopic (exact) mass is 438 g/mol. The standard InChI is InChI=1S/C23H22ClF3O3/c24-19-11-18(22(30-14-28)9-1-2-10-22)12-20(29-13-15-3-4-15)21(19)16-5-7-17(8-6-16)23(25,26)27/h5-8,11-12,14-15H,1-4,9-10,13H2. The Balaban J connectivity index is 1.76. The van der Waals surface area contributed by atoms with E-state index in [0.717, 1.165) is 43.4 Å². The molecule has 30 heavy (non-hydrogen) atoms. The predicted octanol–water partition coefficient (Wildman–Crippen LogP) is 6.76. The zero-order chi connectivity index (χ0) is 21.4. The molecule has 0 N–H and O–H groups in total. The smallest absolute Gasteiger partial charge is 0.416 e. The van der Waals surface area contributed by atoms with Crippen molar-refractivity contribution in [3.8, 4) is 16.9 Å². The van der Waals surface area contributed by atoms with E-state index in [4.69, 9.17) is 21.1 Å². The molecule has 2 aromatic rings. The lowest BCUT2D eigenvalue weighted by atomic mass is 9.89. The molecule has 0 bridgehead atoms. The van der Waals surface area contributed by atoms with Crippen LogP contribution in [0.4, 0.5) is 13.2 Å². The van der Waals surface area contributed by atoms with Crippen molar-refractivity contribution in [1.82, 2.24) is 0 Å². The number of rotatable bonds is 7. The summed E-state index contributed by atoms with van der Waals surface area (Å²) in [6.45, 7) is 0.989. The van der Waals surface area contributed by atoms with Crippen molar-refractivity contribution in [1.29, 1.82) is 0 Å². The highest BCUT2D eigenvalue weighted by atomic mass is 35.5. The maximum absolute atomic E-state index is 12.9. The van der Waals surface area contributed by atoms with Crippen molar-refractivity contribution in [2.24, 2.45) is 5.92 Å². The van der Waals surface area contributed by atoms with Gasteiger partial charge in [-0.2, -0.15) is 13.2 Å². The van der Waals surface area contributed by atoms with Gasteiger partial charge in [0.15, 0.2) is 0 Å². The first kappa shape index (κ1) is 21.0. The second-order valence-corrected chi connectivity index (χ2v) is 8.48. The molecule has 3 nitrogen and oxygen atoms in total. The van der Waals surface area contributed by atoms with Crippen LogP contribution in [-0.4, -0.2) is 13.1 Å². The third kappa shape index (κ3) is 4.29. The highest BCUT2D eigenvalue weighted by Crippen LogP contribution is 2.47. The Morgan fingerprint density at radius 1 is 1.10 bits per heavy atom. The van der Waals surface area contributed by atoms with Gasteiger partial charge in [0.1, 0.15) is 11.4 Å². The summed E-state index contributed by atoms with van der Waals surface area (Å²) >= 11 is 6.62. The van der Waals surface area contributed by atoms with Gasteiger partial charge >= 0.3 is 6.18 Å². The molecular weight excluding hydrogens is 417 g/mol. The lowest BCUT2D eigenvalue weighted by Gasteiger charge is -2.29. The van der Waals surface area contributed by atoms with E-state index >= 15 is 0 Å². The average molecular weight is 439 g/mol. The molecule has 0 saturated heterocycles. The zero-order valence-corrected chi connectivity index (χ0v) is 17.1. The van der Waals surface area contributed by atoms with Gasteiger partial charge in [-0.15, -0.1) is 0 Å². The molecule has 0 unspecified atom stereocenters. The number of hydrogen-bond acceptors (Lipinski definition) is 3. The molecule has 2 aliphatic carbocycles. The quantitative estimate of drug-likeness (QED) is 0.448. The molecule has 0 spiro atoms. The summed E-state index contributed by atoms with van der Waals surface area (Å²) in [5.41, 5.74) is 0.403. The van der Waals surface area contributed by atoms with E-state index in [0.29, 0.717) is 53.7 Å². The van der Waals surface area contributed by atoms with Crippen LogP contribution in [0.1, 0.15) is 49.7 Å². The summed E-state index contributed by atoms with van der Waals surface area (Å²) in [7, 11) is 0. The maximum Gasteiger partial charge on any atom is 0.416 e. The largest absolute Gasteiger partial charge is 0.493 e. The number of alkyl halides is 3. The fraction of sp³-hybridized carbons (Fsp3) is 0.435. The molecule has 0 amide bonds. The molecule has 0 aromatic heterocycles. The van der Waals surface area contributed by atoms with Crippen molar-refractivity contribution in [3.05, 3.63) is 52.5 Å². The number of benzene rings is 2. The van der Waals surface area contributed by atoms with Crippen LogP contribution in [0.25, 0.3) is 11.1 Å². The molecule has 4 rings (SSSR count). The number of carbonyl (C=O) groups excluding carboxylic acids is 1. The van der Waals surface area contributed by atoms with Crippen LogP contribution < -0.4 is 4.74 Å². The Morgan fingerprint density at radius 3 is 2.33 bits per heavy atom. The molecule has 2 saturated carbocycles. The second kappa shape index (κ2) is 8.14. The average Bonchev–Trinajstić information content (AvgIpc) is 3.42. The molecule has 0 radical (unpaired) electrons. The first-order valence-corrected chi connectivity index (χ1v) is 10.5. The van der Waals surface area contributed by atoms with E-state index in [2.05, 4.69) is 0 Å². The topological polar surface area (TPSA) is 35.5 Å². The first-order chi connectivity index (χ1) is 14.3. The molecule has 160 valence electrons. The summed E-state index contributed by atoms with van der Waals surface area (Å²) in [6, 6.07) is 8.46. The molecule has 0 heterocycles. The number of halogens is 4. The molecular formula is C23H22ClF3O3. The maximum atomic E-state index is 12.9. The third-order valence-electron chi connectivity index (χ3n) is 5.94. The minimum Gasteiger partial charge on any atom is -0.493 e. The Bertz CT molecular complexity index is 915. The molecule has 2 aromatic carbocycles. The van der Waals surface area contributed by atoms with Crippen molar-refractivity contribution in [2.75, 3.05) is 6.61 Å². The molecule has 2 aliphatic rings. The van der Waals surface area contributed by atoms with Crippen LogP contribution in [0.15, 0.2) is 36.4 Å². The lowest BCUT2D eigenvalue weighted by molar-refractivity contribution is -0.144. The van der Waals surface area contributed by atoms with Crippen molar-refractivity contribution in [3.63, 3.8) is 0 Å². The van der Waals surface area contributed by atoms with Gasteiger partial charge in [-0.1, -0.05) is 23.7 Å². The van der Waals surface area contributed by atoms with Crippen LogP contribution in [0, 0.1) is 5.92 Å². The Morgan fingerprint density at radius 2 is 1.77 bits per heavy atom. The summed E-state index contributed by atoms with van der Waals surface area (Å²) in [5.74, 6) is 0.990. The van der Waals surface area contributed by atoms with Gasteiger partial charge in [-0.25, -0.2) is 0 Å². The first-order valence-electron chi connectivity index (χ1n) is 10.1. The fourth-order valence-electron chi connectivity index (χ4n) is 4.07. The number of carbonyl (C=O) groups is 1. The highest BCUT2D eigenvalue weighted by molar-refractivity contribution is 6.33. The molecule has 0 aliphatic heterocycles. The van der Waals surface area contributed by atoms with Crippen molar-refractivity contribution < 1.29 is 27.4 Å². The van der Waals surface area contributed by atoms with Gasteiger partial charge in [0.2, 0.25) is 0 Å². The van der Waals surface area contributed by atoms with Crippen LogP contribution in [0.2, 0.25) is 5.02 Å². The van der Waals surface area contributed by atoms with E-state index in [1.165, 1.54) is 12.1 Å². The highest BCUT2D eigenvalue weighted by Gasteiger charge is 2.39. The van der Waals surface area contributed by atoms with E-state index in [9.17, 15) is 18.0 Å². The fourth-order valence-corrected chi connectivity index (χ4v) is 4.39. The number of ether oxygens (including phenoxy) is 2. The summed E-state index contributed by atoms with van der Waals surface area (Å²) in [4.78, 5) is 11.2. The SMILES string of the molecule is O=COC1(c2cc(Cl)c(-c3ccc(C(F)(F)F)cc3)c(OCC3CC3)c2)CCCC1.